The number of nitrogens with two attached hydrogens (primary N) is 1. The van der Waals surface area contributed by atoms with Crippen LogP contribution in [-0.4, -0.2) is 17.1 Å². The molecule has 1 unspecified atom stereocenters. The van der Waals surface area contributed by atoms with E-state index in [1.165, 1.54) is 0 Å². The fraction of sp³-hybridized carbons (Fsp3) is 0.300. The predicted molar refractivity (Wildman–Crippen MR) is 48.4 cm³/mol. The van der Waals surface area contributed by atoms with Crippen molar-refractivity contribution in [3.05, 3.63) is 22.8 Å². The van der Waals surface area contributed by atoms with Crippen molar-refractivity contribution in [3.63, 3.8) is 0 Å². The number of phenols is 1. The summed E-state index contributed by atoms with van der Waals surface area (Å²) in [5.74, 6) is 0.0246. The number of aromatic hydroxyl groups is 1. The average Bonchev–Trinajstić information content (AvgIpc) is 2.42. The van der Waals surface area contributed by atoms with E-state index in [4.69, 9.17) is 10.5 Å². The maximum Gasteiger partial charge on any atom is 0.347 e. The van der Waals surface area contributed by atoms with Crippen LogP contribution >= 0.6 is 0 Å². The number of hydrogen-bond donors (Lipinski definition) is 2. The maximum absolute atomic E-state index is 11.2. The third-order valence-corrected chi connectivity index (χ3v) is 2.81. The molecule has 0 fully saturated rings. The Bertz CT molecular complexity index is 453. The second-order valence-corrected chi connectivity index (χ2v) is 3.80. The fourth-order valence-corrected chi connectivity index (χ4v) is 2.19. The van der Waals surface area contributed by atoms with Gasteiger partial charge in [0, 0.05) is 6.04 Å². The van der Waals surface area contributed by atoms with Crippen LogP contribution in [0.2, 0.25) is 0 Å². The summed E-state index contributed by atoms with van der Waals surface area (Å²) in [4.78, 5) is 11.2. The number of phenolic OH excluding ortho intramolecular Hbond substituents is 1. The van der Waals surface area contributed by atoms with Crippen molar-refractivity contribution < 1.29 is 14.6 Å². The highest BCUT2D eigenvalue weighted by Gasteiger charge is 2.37. The molecule has 72 valence electrons. The fourth-order valence-electron chi connectivity index (χ4n) is 2.19. The van der Waals surface area contributed by atoms with E-state index in [-0.39, 0.29) is 17.8 Å². The molecule has 4 heteroatoms. The highest BCUT2D eigenvalue weighted by molar-refractivity contribution is 6.04. The molecule has 14 heavy (non-hydrogen) atoms. The van der Waals surface area contributed by atoms with E-state index in [0.717, 1.165) is 17.5 Å². The van der Waals surface area contributed by atoms with E-state index in [1.807, 2.05) is 0 Å². The molecule has 0 amide bonds. The van der Waals surface area contributed by atoms with E-state index in [0.29, 0.717) is 17.7 Å². The molecular formula is C10H9NO3. The van der Waals surface area contributed by atoms with Gasteiger partial charge in [-0.05, 0) is 30.0 Å². The summed E-state index contributed by atoms with van der Waals surface area (Å²) < 4.78 is 4.75. The Labute approximate surface area is 80.3 Å². The Morgan fingerprint density at radius 3 is 3.00 bits per heavy atom. The number of carbonyl (C=O) groups is 1. The first-order valence-corrected chi connectivity index (χ1v) is 4.52. The van der Waals surface area contributed by atoms with Gasteiger partial charge in [-0.2, -0.15) is 0 Å². The zero-order valence-corrected chi connectivity index (χ0v) is 7.41. The molecule has 2 aliphatic rings. The van der Waals surface area contributed by atoms with E-state index in [2.05, 4.69) is 0 Å². The first-order valence-electron chi connectivity index (χ1n) is 4.52. The van der Waals surface area contributed by atoms with Crippen molar-refractivity contribution in [2.75, 3.05) is 0 Å². The van der Waals surface area contributed by atoms with Crippen molar-refractivity contribution in [2.45, 2.75) is 18.9 Å². The minimum atomic E-state index is -0.346. The van der Waals surface area contributed by atoms with Gasteiger partial charge in [0.1, 0.15) is 5.56 Å². The van der Waals surface area contributed by atoms with Crippen molar-refractivity contribution in [3.8, 4) is 11.5 Å². The molecule has 0 saturated heterocycles. The highest BCUT2D eigenvalue weighted by atomic mass is 16.6. The molecule has 4 nitrogen and oxygen atoms in total. The van der Waals surface area contributed by atoms with Crippen LogP contribution in [0.25, 0.3) is 0 Å². The number of ether oxygens (including phenoxy) is 1. The minimum absolute atomic E-state index is 0.0486. The van der Waals surface area contributed by atoms with Gasteiger partial charge in [0.2, 0.25) is 0 Å². The normalized spacial score (nSPS) is 22.4. The summed E-state index contributed by atoms with van der Waals surface area (Å²) in [6.07, 6.45) is 1.43. The van der Waals surface area contributed by atoms with Crippen molar-refractivity contribution in [1.29, 1.82) is 0 Å². The van der Waals surface area contributed by atoms with E-state index in [1.54, 1.807) is 6.07 Å². The Morgan fingerprint density at radius 2 is 2.29 bits per heavy atom. The first-order chi connectivity index (χ1) is 6.66. The Morgan fingerprint density at radius 1 is 1.50 bits per heavy atom. The van der Waals surface area contributed by atoms with Crippen LogP contribution in [0.3, 0.4) is 0 Å². The van der Waals surface area contributed by atoms with Crippen molar-refractivity contribution >= 4 is 5.97 Å². The van der Waals surface area contributed by atoms with Gasteiger partial charge in [0.15, 0.2) is 11.5 Å². The summed E-state index contributed by atoms with van der Waals surface area (Å²) in [5, 5.41) is 9.50. The molecule has 3 rings (SSSR count). The van der Waals surface area contributed by atoms with Crippen LogP contribution in [0.15, 0.2) is 6.07 Å². The lowest BCUT2D eigenvalue weighted by Crippen LogP contribution is -2.24. The van der Waals surface area contributed by atoms with Crippen LogP contribution < -0.4 is 10.5 Å². The molecule has 1 aliphatic heterocycles. The van der Waals surface area contributed by atoms with Crippen LogP contribution in [0.5, 0.6) is 11.5 Å². The van der Waals surface area contributed by atoms with Crippen LogP contribution in [0, 0.1) is 0 Å². The SMILES string of the molecule is NC1Cc2cc(O)c3c(c2C1)C(=O)O3. The van der Waals surface area contributed by atoms with E-state index >= 15 is 0 Å². The zero-order valence-electron chi connectivity index (χ0n) is 7.41. The molecule has 1 heterocycles. The minimum Gasteiger partial charge on any atom is -0.504 e. The molecule has 0 bridgehead atoms. The van der Waals surface area contributed by atoms with E-state index in [9.17, 15) is 9.90 Å². The smallest absolute Gasteiger partial charge is 0.347 e. The number of fused-ring (bicyclic) bond motifs is 3. The lowest BCUT2D eigenvalue weighted by Gasteiger charge is -2.21. The number of hydrogen-bond acceptors (Lipinski definition) is 4. The molecular weight excluding hydrogens is 182 g/mol. The maximum atomic E-state index is 11.2. The lowest BCUT2D eigenvalue weighted by atomic mass is 9.98. The summed E-state index contributed by atoms with van der Waals surface area (Å²) >= 11 is 0. The van der Waals surface area contributed by atoms with Gasteiger partial charge < -0.3 is 15.6 Å². The van der Waals surface area contributed by atoms with Gasteiger partial charge in [0.05, 0.1) is 0 Å². The molecule has 0 radical (unpaired) electrons. The molecule has 3 N–H and O–H groups in total. The second kappa shape index (κ2) is 2.27. The Kier molecular flexibility index (Phi) is 1.27. The lowest BCUT2D eigenvalue weighted by molar-refractivity contribution is 0.0648. The molecule has 1 atom stereocenters. The van der Waals surface area contributed by atoms with Crippen LogP contribution in [0.4, 0.5) is 0 Å². The third-order valence-electron chi connectivity index (χ3n) is 2.81. The van der Waals surface area contributed by atoms with Crippen molar-refractivity contribution in [1.82, 2.24) is 0 Å². The van der Waals surface area contributed by atoms with Gasteiger partial charge in [-0.25, -0.2) is 4.79 Å². The highest BCUT2D eigenvalue weighted by Crippen LogP contribution is 2.44. The van der Waals surface area contributed by atoms with Crippen molar-refractivity contribution in [2.24, 2.45) is 5.73 Å². The first kappa shape index (κ1) is 7.82. The van der Waals surface area contributed by atoms with Crippen LogP contribution in [0.1, 0.15) is 21.5 Å². The molecule has 0 aromatic heterocycles. The Balaban J connectivity index is 2.26. The average molecular weight is 191 g/mol. The third kappa shape index (κ3) is 0.786. The zero-order chi connectivity index (χ0) is 9.87. The predicted octanol–water partition coefficient (Wildman–Crippen LogP) is 0.351. The molecule has 1 aromatic carbocycles. The topological polar surface area (TPSA) is 72.5 Å². The summed E-state index contributed by atoms with van der Waals surface area (Å²) in [6, 6.07) is 1.71. The van der Waals surface area contributed by atoms with E-state index < -0.39 is 0 Å². The molecule has 0 spiro atoms. The van der Waals surface area contributed by atoms with Gasteiger partial charge >= 0.3 is 5.97 Å². The van der Waals surface area contributed by atoms with Gasteiger partial charge in [-0.15, -0.1) is 0 Å². The second-order valence-electron chi connectivity index (χ2n) is 3.80. The molecule has 1 aliphatic carbocycles. The summed E-state index contributed by atoms with van der Waals surface area (Å²) in [6.45, 7) is 0. The molecule has 0 saturated carbocycles. The number of rotatable bonds is 0. The number of esters is 1. The monoisotopic (exact) mass is 191 g/mol. The number of carbonyl (C=O) groups excluding carboxylic acids is 1. The number of benzene rings is 1. The van der Waals surface area contributed by atoms with Gasteiger partial charge in [0.25, 0.3) is 0 Å². The van der Waals surface area contributed by atoms with Gasteiger partial charge in [-0.1, -0.05) is 0 Å². The Hall–Kier alpha value is -1.55. The molecule has 1 aromatic rings. The summed E-state index contributed by atoms with van der Waals surface area (Å²) in [5.41, 5.74) is 8.26. The van der Waals surface area contributed by atoms with Crippen LogP contribution in [-0.2, 0) is 12.8 Å². The standard InChI is InChI=1S/C10H9NO3/c11-5-1-4-2-7(12)9-8(6(4)3-5)10(13)14-9/h2,5,12H,1,3,11H2. The summed E-state index contributed by atoms with van der Waals surface area (Å²) in [7, 11) is 0. The quantitative estimate of drug-likeness (QED) is 0.580. The largest absolute Gasteiger partial charge is 0.504 e. The van der Waals surface area contributed by atoms with Gasteiger partial charge in [-0.3, -0.25) is 0 Å².